The number of likely N-dealkylation sites (N-methyl/N-ethyl adjacent to an activating group) is 1. The van der Waals surface area contributed by atoms with Gasteiger partial charge in [-0.2, -0.15) is 0 Å². The van der Waals surface area contributed by atoms with Crippen LogP contribution in [0.3, 0.4) is 0 Å². The third-order valence-electron chi connectivity index (χ3n) is 3.59. The standard InChI is InChI=1S/C14H21N5O3S/c1-3-22-13(21)10-8-16-14(17-12(10)15)23-9-11(20)19-6-4-18(2)5-7-19/h8H,3-7,9H2,1-2H3,(H2,15,16,17)/p+1. The maximum Gasteiger partial charge on any atom is 0.343 e. The third kappa shape index (κ3) is 4.80. The highest BCUT2D eigenvalue weighted by Gasteiger charge is 2.22. The van der Waals surface area contributed by atoms with E-state index in [1.807, 2.05) is 4.90 Å². The Kier molecular flexibility index (Phi) is 6.17. The van der Waals surface area contributed by atoms with Crippen LogP contribution in [-0.2, 0) is 9.53 Å². The van der Waals surface area contributed by atoms with E-state index < -0.39 is 5.97 Å². The van der Waals surface area contributed by atoms with Crippen molar-refractivity contribution in [2.24, 2.45) is 0 Å². The summed E-state index contributed by atoms with van der Waals surface area (Å²) < 4.78 is 4.87. The minimum atomic E-state index is -0.544. The highest BCUT2D eigenvalue weighted by molar-refractivity contribution is 7.99. The Hall–Kier alpha value is -1.87. The minimum Gasteiger partial charge on any atom is -0.462 e. The number of amides is 1. The van der Waals surface area contributed by atoms with Gasteiger partial charge in [-0.3, -0.25) is 4.79 Å². The molecule has 0 aromatic carbocycles. The number of carbonyl (C=O) groups is 2. The molecule has 1 saturated heterocycles. The van der Waals surface area contributed by atoms with E-state index in [2.05, 4.69) is 17.0 Å². The molecule has 1 fully saturated rings. The van der Waals surface area contributed by atoms with Crippen LogP contribution >= 0.6 is 11.8 Å². The lowest BCUT2D eigenvalue weighted by Crippen LogP contribution is -3.12. The van der Waals surface area contributed by atoms with E-state index in [0.29, 0.717) is 5.16 Å². The van der Waals surface area contributed by atoms with Gasteiger partial charge in [0.2, 0.25) is 5.91 Å². The monoisotopic (exact) mass is 340 g/mol. The van der Waals surface area contributed by atoms with Crippen molar-refractivity contribution in [3.63, 3.8) is 0 Å². The zero-order valence-corrected chi connectivity index (χ0v) is 14.2. The number of nitrogens with zero attached hydrogens (tertiary/aromatic N) is 3. The molecule has 0 unspecified atom stereocenters. The summed E-state index contributed by atoms with van der Waals surface area (Å²) >= 11 is 1.22. The maximum absolute atomic E-state index is 12.2. The predicted molar refractivity (Wildman–Crippen MR) is 86.3 cm³/mol. The van der Waals surface area contributed by atoms with Gasteiger partial charge in [0, 0.05) is 6.20 Å². The number of aromatic nitrogens is 2. The molecule has 0 spiro atoms. The number of piperazine rings is 1. The van der Waals surface area contributed by atoms with E-state index >= 15 is 0 Å². The Morgan fingerprint density at radius 3 is 2.74 bits per heavy atom. The van der Waals surface area contributed by atoms with Crippen LogP contribution in [0.15, 0.2) is 11.4 Å². The van der Waals surface area contributed by atoms with Crippen LogP contribution in [0.4, 0.5) is 5.82 Å². The van der Waals surface area contributed by atoms with Gasteiger partial charge in [0.05, 0.1) is 45.6 Å². The number of ether oxygens (including phenoxy) is 1. The van der Waals surface area contributed by atoms with Crippen molar-refractivity contribution in [1.82, 2.24) is 14.9 Å². The van der Waals surface area contributed by atoms with Gasteiger partial charge in [0.25, 0.3) is 0 Å². The van der Waals surface area contributed by atoms with Crippen molar-refractivity contribution in [3.8, 4) is 0 Å². The van der Waals surface area contributed by atoms with Gasteiger partial charge in [-0.15, -0.1) is 0 Å². The largest absolute Gasteiger partial charge is 0.462 e. The summed E-state index contributed by atoms with van der Waals surface area (Å²) in [6, 6.07) is 0. The van der Waals surface area contributed by atoms with Gasteiger partial charge in [-0.25, -0.2) is 14.8 Å². The van der Waals surface area contributed by atoms with Gasteiger partial charge >= 0.3 is 5.97 Å². The number of esters is 1. The van der Waals surface area contributed by atoms with Crippen molar-refractivity contribution < 1.29 is 19.2 Å². The second-order valence-electron chi connectivity index (χ2n) is 5.30. The average Bonchev–Trinajstić information content (AvgIpc) is 2.53. The van der Waals surface area contributed by atoms with E-state index in [0.717, 1.165) is 26.2 Å². The highest BCUT2D eigenvalue weighted by Crippen LogP contribution is 2.17. The number of quaternary nitrogens is 1. The second-order valence-corrected chi connectivity index (χ2v) is 6.24. The molecule has 23 heavy (non-hydrogen) atoms. The quantitative estimate of drug-likeness (QED) is 0.389. The van der Waals surface area contributed by atoms with Crippen molar-refractivity contribution in [2.45, 2.75) is 12.1 Å². The molecule has 8 nitrogen and oxygen atoms in total. The first kappa shape index (κ1) is 17.5. The van der Waals surface area contributed by atoms with Crippen LogP contribution < -0.4 is 10.6 Å². The first-order chi connectivity index (χ1) is 11.0. The molecule has 2 heterocycles. The van der Waals surface area contributed by atoms with Crippen LogP contribution in [0.1, 0.15) is 17.3 Å². The Bertz CT molecular complexity index is 576. The lowest BCUT2D eigenvalue weighted by molar-refractivity contribution is -0.883. The van der Waals surface area contributed by atoms with Crippen LogP contribution in [0, 0.1) is 0 Å². The fourth-order valence-electron chi connectivity index (χ4n) is 2.17. The molecule has 126 valence electrons. The molecule has 0 saturated carbocycles. The van der Waals surface area contributed by atoms with E-state index in [-0.39, 0.29) is 29.6 Å². The van der Waals surface area contributed by atoms with Crippen molar-refractivity contribution in [3.05, 3.63) is 11.8 Å². The normalized spacial score (nSPS) is 15.5. The number of nitrogen functional groups attached to an aromatic ring is 1. The summed E-state index contributed by atoms with van der Waals surface area (Å²) in [5, 5.41) is 0.378. The lowest BCUT2D eigenvalue weighted by atomic mass is 10.3. The molecule has 1 aromatic rings. The number of nitrogens with two attached hydrogens (primary N) is 1. The van der Waals surface area contributed by atoms with Crippen LogP contribution in [-0.4, -0.2) is 72.3 Å². The first-order valence-corrected chi connectivity index (χ1v) is 8.51. The van der Waals surface area contributed by atoms with E-state index in [1.165, 1.54) is 22.9 Å². The summed E-state index contributed by atoms with van der Waals surface area (Å²) in [6.45, 7) is 5.45. The number of hydrogen-bond acceptors (Lipinski definition) is 7. The number of thioether (sulfide) groups is 1. The molecule has 0 bridgehead atoms. The SMILES string of the molecule is CCOC(=O)c1cnc(SCC(=O)N2CC[NH+](C)CC2)nc1N. The van der Waals surface area contributed by atoms with E-state index in [4.69, 9.17) is 10.5 Å². The molecule has 1 aliphatic rings. The Morgan fingerprint density at radius 2 is 2.13 bits per heavy atom. The smallest absolute Gasteiger partial charge is 0.343 e. The fraction of sp³-hybridized carbons (Fsp3) is 0.571. The molecule has 3 N–H and O–H groups in total. The van der Waals surface area contributed by atoms with Crippen molar-refractivity contribution in [2.75, 3.05) is 51.3 Å². The zero-order valence-electron chi connectivity index (χ0n) is 13.4. The topological polar surface area (TPSA) is 103 Å². The number of carbonyl (C=O) groups excluding carboxylic acids is 2. The first-order valence-electron chi connectivity index (χ1n) is 7.52. The lowest BCUT2D eigenvalue weighted by Gasteiger charge is -2.29. The highest BCUT2D eigenvalue weighted by atomic mass is 32.2. The molecular formula is C14H22N5O3S+. The van der Waals surface area contributed by atoms with Crippen LogP contribution in [0.25, 0.3) is 0 Å². The Balaban J connectivity index is 1.89. The molecule has 9 heteroatoms. The minimum absolute atomic E-state index is 0.0663. The van der Waals surface area contributed by atoms with Gasteiger partial charge in [0.15, 0.2) is 5.16 Å². The van der Waals surface area contributed by atoms with E-state index in [1.54, 1.807) is 6.92 Å². The molecule has 1 aromatic heterocycles. The van der Waals surface area contributed by atoms with Gasteiger partial charge < -0.3 is 20.3 Å². The fourth-order valence-corrected chi connectivity index (χ4v) is 2.89. The molecular weight excluding hydrogens is 318 g/mol. The predicted octanol–water partition coefficient (Wildman–Crippen LogP) is -1.32. The maximum atomic E-state index is 12.2. The van der Waals surface area contributed by atoms with Gasteiger partial charge in [-0.05, 0) is 6.92 Å². The third-order valence-corrected chi connectivity index (χ3v) is 4.43. The second kappa shape index (κ2) is 8.11. The van der Waals surface area contributed by atoms with Crippen LogP contribution in [0.2, 0.25) is 0 Å². The van der Waals surface area contributed by atoms with Crippen molar-refractivity contribution >= 4 is 29.5 Å². The zero-order chi connectivity index (χ0) is 16.8. The summed E-state index contributed by atoms with van der Waals surface area (Å²) in [6.07, 6.45) is 1.34. The summed E-state index contributed by atoms with van der Waals surface area (Å²) in [7, 11) is 2.12. The number of rotatable bonds is 5. The molecule has 1 aliphatic heterocycles. The average molecular weight is 340 g/mol. The van der Waals surface area contributed by atoms with Crippen molar-refractivity contribution in [1.29, 1.82) is 0 Å². The summed E-state index contributed by atoms with van der Waals surface area (Å²) in [5.74, 6) is -0.148. The van der Waals surface area contributed by atoms with Gasteiger partial charge in [0.1, 0.15) is 11.4 Å². The van der Waals surface area contributed by atoms with E-state index in [9.17, 15) is 9.59 Å². The molecule has 1 amide bonds. The summed E-state index contributed by atoms with van der Waals surface area (Å²) in [4.78, 5) is 35.2. The Morgan fingerprint density at radius 1 is 1.43 bits per heavy atom. The van der Waals surface area contributed by atoms with Gasteiger partial charge in [-0.1, -0.05) is 11.8 Å². The molecule has 0 radical (unpaired) electrons. The number of hydrogen-bond donors (Lipinski definition) is 2. The van der Waals surface area contributed by atoms with Crippen LogP contribution in [0.5, 0.6) is 0 Å². The number of nitrogens with one attached hydrogen (secondary N) is 1. The summed E-state index contributed by atoms with van der Waals surface area (Å²) in [5.41, 5.74) is 5.90. The Labute approximate surface area is 139 Å². The molecule has 0 atom stereocenters. The molecule has 2 rings (SSSR count). The number of anilines is 1. The molecule has 0 aliphatic carbocycles.